The van der Waals surface area contributed by atoms with Crippen LogP contribution in [0.1, 0.15) is 87.0 Å². The fourth-order valence-corrected chi connectivity index (χ4v) is 4.84. The molecule has 0 saturated carbocycles. The van der Waals surface area contributed by atoms with Crippen LogP contribution in [0.3, 0.4) is 0 Å². The lowest BCUT2D eigenvalue weighted by molar-refractivity contribution is -0.147. The molecule has 0 aromatic rings. The number of carbonyl (C=O) groups excluding carboxylic acids is 3. The minimum Gasteiger partial charge on any atom is -0.444 e. The predicted octanol–water partition coefficient (Wildman–Crippen LogP) is 2.84. The Bertz CT molecular complexity index is 716. The maximum absolute atomic E-state index is 13.9. The summed E-state index contributed by atoms with van der Waals surface area (Å²) in [7, 11) is 0. The van der Waals surface area contributed by atoms with E-state index in [0.29, 0.717) is 26.1 Å². The van der Waals surface area contributed by atoms with E-state index in [4.69, 9.17) is 9.47 Å². The van der Waals surface area contributed by atoms with Crippen LogP contribution < -0.4 is 5.32 Å². The molecule has 2 heterocycles. The Morgan fingerprint density at radius 3 is 2.32 bits per heavy atom. The van der Waals surface area contributed by atoms with Crippen molar-refractivity contribution in [2.45, 2.75) is 122 Å². The zero-order valence-corrected chi connectivity index (χ0v) is 22.1. The molecule has 2 N–H and O–H groups in total. The second kappa shape index (κ2) is 11.7. The summed E-state index contributed by atoms with van der Waals surface area (Å²) in [5, 5.41) is 13.7. The van der Waals surface area contributed by atoms with Gasteiger partial charge >= 0.3 is 6.09 Å². The van der Waals surface area contributed by atoms with Crippen LogP contribution in [0.25, 0.3) is 0 Å². The molecule has 3 unspecified atom stereocenters. The average molecular weight is 484 g/mol. The van der Waals surface area contributed by atoms with Crippen LogP contribution in [0.15, 0.2) is 0 Å². The van der Waals surface area contributed by atoms with Gasteiger partial charge in [-0.1, -0.05) is 13.3 Å². The highest BCUT2D eigenvalue weighted by Crippen LogP contribution is 2.38. The Hall–Kier alpha value is -1.87. The molecule has 5 atom stereocenters. The van der Waals surface area contributed by atoms with Gasteiger partial charge in [-0.05, 0) is 73.6 Å². The smallest absolute Gasteiger partial charge is 0.411 e. The van der Waals surface area contributed by atoms with Crippen molar-refractivity contribution in [2.24, 2.45) is 0 Å². The lowest BCUT2D eigenvalue weighted by Crippen LogP contribution is -2.67. The molecule has 196 valence electrons. The molecule has 9 heteroatoms. The van der Waals surface area contributed by atoms with Crippen molar-refractivity contribution >= 4 is 17.9 Å². The highest BCUT2D eigenvalue weighted by Gasteiger charge is 2.57. The van der Waals surface area contributed by atoms with Gasteiger partial charge in [0.2, 0.25) is 11.8 Å². The topological polar surface area (TPSA) is 108 Å². The zero-order chi connectivity index (χ0) is 25.7. The summed E-state index contributed by atoms with van der Waals surface area (Å²) in [5.41, 5.74) is -2.29. The second-order valence-electron chi connectivity index (χ2n) is 10.8. The molecule has 0 aromatic heterocycles. The van der Waals surface area contributed by atoms with Crippen molar-refractivity contribution in [3.05, 3.63) is 0 Å². The number of aliphatic hydroxyl groups excluding tert-OH is 1. The summed E-state index contributed by atoms with van der Waals surface area (Å²) < 4.78 is 11.5. The molecule has 9 nitrogen and oxygen atoms in total. The SMILES string of the molecule is CCCCO[C@H](C)[C@H](NC(=O)C1(C(C)O)CCC(C)N1C(=O)OC(C)(C)C)C(=O)N1CCCC1. The van der Waals surface area contributed by atoms with E-state index < -0.39 is 41.4 Å². The van der Waals surface area contributed by atoms with Crippen molar-refractivity contribution in [2.75, 3.05) is 19.7 Å². The number of hydrogen-bond acceptors (Lipinski definition) is 6. The molecule has 2 aliphatic rings. The maximum atomic E-state index is 13.9. The number of aliphatic hydroxyl groups is 1. The van der Waals surface area contributed by atoms with E-state index >= 15 is 0 Å². The van der Waals surface area contributed by atoms with E-state index in [2.05, 4.69) is 12.2 Å². The monoisotopic (exact) mass is 483 g/mol. The Kier molecular flexibility index (Phi) is 9.77. The van der Waals surface area contributed by atoms with Crippen LogP contribution in [-0.2, 0) is 19.1 Å². The summed E-state index contributed by atoms with van der Waals surface area (Å²) in [6.45, 7) is 14.2. The predicted molar refractivity (Wildman–Crippen MR) is 129 cm³/mol. The molecule has 0 aromatic carbocycles. The summed E-state index contributed by atoms with van der Waals surface area (Å²) in [6, 6.07) is -1.21. The number of likely N-dealkylation sites (tertiary alicyclic amines) is 2. The van der Waals surface area contributed by atoms with Crippen molar-refractivity contribution in [3.63, 3.8) is 0 Å². The fraction of sp³-hybridized carbons (Fsp3) is 0.880. The van der Waals surface area contributed by atoms with Crippen molar-refractivity contribution in [3.8, 4) is 0 Å². The van der Waals surface area contributed by atoms with Gasteiger partial charge in [0, 0.05) is 25.7 Å². The molecule has 2 fully saturated rings. The number of amides is 3. The third-order valence-corrected chi connectivity index (χ3v) is 6.81. The second-order valence-corrected chi connectivity index (χ2v) is 10.8. The molecule has 2 aliphatic heterocycles. The first-order valence-corrected chi connectivity index (χ1v) is 12.8. The lowest BCUT2D eigenvalue weighted by Gasteiger charge is -2.42. The van der Waals surface area contributed by atoms with Crippen LogP contribution in [0, 0.1) is 0 Å². The van der Waals surface area contributed by atoms with Gasteiger partial charge in [0.15, 0.2) is 5.54 Å². The van der Waals surface area contributed by atoms with Gasteiger partial charge in [0.25, 0.3) is 0 Å². The molecule has 0 radical (unpaired) electrons. The van der Waals surface area contributed by atoms with E-state index in [9.17, 15) is 19.5 Å². The third-order valence-electron chi connectivity index (χ3n) is 6.81. The quantitative estimate of drug-likeness (QED) is 0.488. The first-order valence-electron chi connectivity index (χ1n) is 12.8. The molecule has 3 amide bonds. The first kappa shape index (κ1) is 28.4. The molecule has 0 aliphatic carbocycles. The van der Waals surface area contributed by atoms with Crippen LogP contribution in [-0.4, -0.2) is 87.9 Å². The zero-order valence-electron chi connectivity index (χ0n) is 22.1. The van der Waals surface area contributed by atoms with Gasteiger partial charge < -0.3 is 24.8 Å². The molecule has 0 bridgehead atoms. The number of nitrogens with one attached hydrogen (secondary N) is 1. The Labute approximate surface area is 204 Å². The van der Waals surface area contributed by atoms with Crippen LogP contribution in [0.4, 0.5) is 4.79 Å². The first-order chi connectivity index (χ1) is 15.8. The van der Waals surface area contributed by atoms with Gasteiger partial charge in [0.1, 0.15) is 11.6 Å². The van der Waals surface area contributed by atoms with Gasteiger partial charge in [-0.25, -0.2) is 4.79 Å². The highest BCUT2D eigenvalue weighted by molar-refractivity contribution is 5.95. The van der Waals surface area contributed by atoms with Crippen molar-refractivity contribution in [1.82, 2.24) is 15.1 Å². The van der Waals surface area contributed by atoms with E-state index in [-0.39, 0.29) is 18.4 Å². The molecule has 0 spiro atoms. The van der Waals surface area contributed by atoms with Gasteiger partial charge in [-0.15, -0.1) is 0 Å². The van der Waals surface area contributed by atoms with E-state index in [1.807, 2.05) is 6.92 Å². The van der Waals surface area contributed by atoms with Crippen molar-refractivity contribution < 1.29 is 29.0 Å². The van der Waals surface area contributed by atoms with E-state index in [1.54, 1.807) is 32.6 Å². The average Bonchev–Trinajstić information content (AvgIpc) is 3.38. The lowest BCUT2D eigenvalue weighted by atomic mass is 9.88. The number of unbranched alkanes of at least 4 members (excludes halogenated alkanes) is 1. The minimum atomic E-state index is -1.53. The summed E-state index contributed by atoms with van der Waals surface area (Å²) in [6.07, 6.45) is 2.10. The third kappa shape index (κ3) is 6.42. The molecule has 34 heavy (non-hydrogen) atoms. The number of carbonyl (C=O) groups is 3. The van der Waals surface area contributed by atoms with Gasteiger partial charge in [-0.3, -0.25) is 14.5 Å². The molecule has 2 saturated heterocycles. The number of ether oxygens (including phenoxy) is 2. The van der Waals surface area contributed by atoms with Crippen LogP contribution in [0.5, 0.6) is 0 Å². The van der Waals surface area contributed by atoms with Gasteiger partial charge in [0.05, 0.1) is 12.2 Å². The largest absolute Gasteiger partial charge is 0.444 e. The summed E-state index contributed by atoms with van der Waals surface area (Å²) in [5.74, 6) is -0.744. The number of rotatable bonds is 9. The van der Waals surface area contributed by atoms with E-state index in [0.717, 1.165) is 25.7 Å². The normalized spacial score (nSPS) is 25.7. The Morgan fingerprint density at radius 1 is 1.18 bits per heavy atom. The molecular weight excluding hydrogens is 438 g/mol. The van der Waals surface area contributed by atoms with Crippen LogP contribution in [0.2, 0.25) is 0 Å². The fourth-order valence-electron chi connectivity index (χ4n) is 4.84. The molecular formula is C25H45N3O6. The minimum absolute atomic E-state index is 0.189. The maximum Gasteiger partial charge on any atom is 0.411 e. The highest BCUT2D eigenvalue weighted by atomic mass is 16.6. The summed E-state index contributed by atoms with van der Waals surface area (Å²) in [4.78, 5) is 43.5. The summed E-state index contributed by atoms with van der Waals surface area (Å²) >= 11 is 0. The van der Waals surface area contributed by atoms with Gasteiger partial charge in [-0.2, -0.15) is 0 Å². The Balaban J connectivity index is 2.34. The van der Waals surface area contributed by atoms with Crippen LogP contribution >= 0.6 is 0 Å². The Morgan fingerprint density at radius 2 is 1.79 bits per heavy atom. The van der Waals surface area contributed by atoms with Crippen molar-refractivity contribution in [1.29, 1.82) is 0 Å². The number of hydrogen-bond donors (Lipinski definition) is 2. The standard InChI is InChI=1S/C25H45N3O6/c1-8-9-16-33-18(3)20(21(30)27-14-10-11-15-27)26-22(31)25(19(4)29)13-12-17(2)28(25)23(32)34-24(5,6)7/h17-20,29H,8-16H2,1-7H3,(H,26,31)/t17?,18-,19?,20+,25?/m1/s1. The van der Waals surface area contributed by atoms with E-state index in [1.165, 1.54) is 11.8 Å². The molecule has 2 rings (SSSR count). The number of nitrogens with zero attached hydrogens (tertiary/aromatic N) is 2.